The van der Waals surface area contributed by atoms with Gasteiger partial charge in [0.2, 0.25) is 0 Å². The van der Waals surface area contributed by atoms with Crippen LogP contribution in [-0.4, -0.2) is 12.1 Å². The molecule has 3 heteroatoms. The Morgan fingerprint density at radius 2 is 2.11 bits per heavy atom. The first-order chi connectivity index (χ1) is 8.54. The number of ether oxygens (including phenoxy) is 1. The Labute approximate surface area is 115 Å². The van der Waals surface area contributed by atoms with Gasteiger partial charge in [0.15, 0.2) is 0 Å². The predicted molar refractivity (Wildman–Crippen MR) is 77.6 cm³/mol. The second-order valence-electron chi connectivity index (χ2n) is 5.57. The summed E-state index contributed by atoms with van der Waals surface area (Å²) in [5.41, 5.74) is 1.09. The first kappa shape index (κ1) is 13.5. The smallest absolute Gasteiger partial charge is 0.138 e. The quantitative estimate of drug-likeness (QED) is 0.852. The Bertz CT molecular complexity index is 405. The summed E-state index contributed by atoms with van der Waals surface area (Å²) in [5.74, 6) is 1.60. The monoisotopic (exact) mass is 267 g/mol. The van der Waals surface area contributed by atoms with Gasteiger partial charge in [0.25, 0.3) is 0 Å². The highest BCUT2D eigenvalue weighted by Gasteiger charge is 2.21. The maximum absolute atomic E-state index is 6.22. The summed E-state index contributed by atoms with van der Waals surface area (Å²) in [6.07, 6.45) is 3.97. The summed E-state index contributed by atoms with van der Waals surface area (Å²) >= 11 is 6.22. The van der Waals surface area contributed by atoms with Crippen molar-refractivity contribution in [2.24, 2.45) is 5.92 Å². The topological polar surface area (TPSA) is 21.3 Å². The minimum Gasteiger partial charge on any atom is -0.489 e. The molecule has 0 radical (unpaired) electrons. The highest BCUT2D eigenvalue weighted by molar-refractivity contribution is 6.32. The SMILES string of the molecule is CC1CCC(Nc2ccc(OC(C)C)c(Cl)c2)C1. The summed E-state index contributed by atoms with van der Waals surface area (Å²) in [5, 5.41) is 4.23. The molecule has 2 unspecified atom stereocenters. The normalized spacial score (nSPS) is 23.4. The van der Waals surface area contributed by atoms with Gasteiger partial charge in [-0.25, -0.2) is 0 Å². The molecule has 2 nitrogen and oxygen atoms in total. The summed E-state index contributed by atoms with van der Waals surface area (Å²) in [6.45, 7) is 6.32. The number of anilines is 1. The highest BCUT2D eigenvalue weighted by atomic mass is 35.5. The van der Waals surface area contributed by atoms with E-state index < -0.39 is 0 Å². The van der Waals surface area contributed by atoms with Crippen LogP contribution in [0.1, 0.15) is 40.0 Å². The van der Waals surface area contributed by atoms with Crippen molar-refractivity contribution in [1.82, 2.24) is 0 Å². The lowest BCUT2D eigenvalue weighted by Gasteiger charge is -2.16. The highest BCUT2D eigenvalue weighted by Crippen LogP contribution is 2.31. The van der Waals surface area contributed by atoms with Crippen LogP contribution in [0.5, 0.6) is 5.75 Å². The molecule has 1 aromatic carbocycles. The molecule has 1 aliphatic carbocycles. The predicted octanol–water partition coefficient (Wildman–Crippen LogP) is 4.73. The number of benzene rings is 1. The molecule has 0 aliphatic heterocycles. The lowest BCUT2D eigenvalue weighted by atomic mass is 10.1. The maximum atomic E-state index is 6.22. The minimum atomic E-state index is 0.150. The Balaban J connectivity index is 2.00. The van der Waals surface area contributed by atoms with E-state index in [0.717, 1.165) is 17.4 Å². The third-order valence-electron chi connectivity index (χ3n) is 3.36. The van der Waals surface area contributed by atoms with Gasteiger partial charge in [0, 0.05) is 11.7 Å². The van der Waals surface area contributed by atoms with Gasteiger partial charge in [0.1, 0.15) is 5.75 Å². The van der Waals surface area contributed by atoms with Gasteiger partial charge in [-0.2, -0.15) is 0 Å². The van der Waals surface area contributed by atoms with E-state index >= 15 is 0 Å². The molecule has 0 heterocycles. The van der Waals surface area contributed by atoms with E-state index in [2.05, 4.69) is 12.2 Å². The van der Waals surface area contributed by atoms with Crippen LogP contribution >= 0.6 is 11.6 Å². The van der Waals surface area contributed by atoms with E-state index in [1.54, 1.807) is 0 Å². The van der Waals surface area contributed by atoms with E-state index in [9.17, 15) is 0 Å². The molecule has 2 atom stereocenters. The van der Waals surface area contributed by atoms with Crippen molar-refractivity contribution < 1.29 is 4.74 Å². The Morgan fingerprint density at radius 3 is 2.67 bits per heavy atom. The van der Waals surface area contributed by atoms with Crippen LogP contribution < -0.4 is 10.1 Å². The van der Waals surface area contributed by atoms with Crippen LogP contribution in [0.25, 0.3) is 0 Å². The fourth-order valence-corrected chi connectivity index (χ4v) is 2.74. The van der Waals surface area contributed by atoms with Crippen LogP contribution in [0, 0.1) is 5.92 Å². The van der Waals surface area contributed by atoms with Crippen LogP contribution in [0.4, 0.5) is 5.69 Å². The lowest BCUT2D eigenvalue weighted by Crippen LogP contribution is -2.15. The molecule has 1 N–H and O–H groups in total. The Kier molecular flexibility index (Phi) is 4.39. The van der Waals surface area contributed by atoms with Crippen molar-refractivity contribution in [3.05, 3.63) is 23.2 Å². The molecular formula is C15H22ClNO. The fourth-order valence-electron chi connectivity index (χ4n) is 2.51. The van der Waals surface area contributed by atoms with Gasteiger partial charge in [-0.05, 0) is 57.2 Å². The average molecular weight is 268 g/mol. The van der Waals surface area contributed by atoms with E-state index in [0.29, 0.717) is 11.1 Å². The Hall–Kier alpha value is -0.890. The number of halogens is 1. The summed E-state index contributed by atoms with van der Waals surface area (Å²) in [7, 11) is 0. The van der Waals surface area contributed by atoms with Crippen LogP contribution in [0.15, 0.2) is 18.2 Å². The number of hydrogen-bond acceptors (Lipinski definition) is 2. The van der Waals surface area contributed by atoms with Gasteiger partial charge in [-0.1, -0.05) is 18.5 Å². The van der Waals surface area contributed by atoms with E-state index in [1.165, 1.54) is 19.3 Å². The van der Waals surface area contributed by atoms with E-state index in [-0.39, 0.29) is 6.10 Å². The van der Waals surface area contributed by atoms with Crippen molar-refractivity contribution >= 4 is 17.3 Å². The molecule has 0 amide bonds. The van der Waals surface area contributed by atoms with Gasteiger partial charge < -0.3 is 10.1 Å². The average Bonchev–Trinajstić information content (AvgIpc) is 2.68. The molecule has 1 fully saturated rings. The number of hydrogen-bond donors (Lipinski definition) is 1. The number of nitrogens with one attached hydrogen (secondary N) is 1. The maximum Gasteiger partial charge on any atom is 0.138 e. The molecule has 0 bridgehead atoms. The second kappa shape index (κ2) is 5.83. The fraction of sp³-hybridized carbons (Fsp3) is 0.600. The lowest BCUT2D eigenvalue weighted by molar-refractivity contribution is 0.242. The zero-order valence-electron chi connectivity index (χ0n) is 11.4. The summed E-state index contributed by atoms with van der Waals surface area (Å²) < 4.78 is 5.63. The van der Waals surface area contributed by atoms with Crippen LogP contribution in [-0.2, 0) is 0 Å². The molecule has 0 aromatic heterocycles. The van der Waals surface area contributed by atoms with Gasteiger partial charge in [0.05, 0.1) is 11.1 Å². The standard InChI is InChI=1S/C15H22ClNO/c1-10(2)18-15-7-6-13(9-14(15)16)17-12-5-4-11(3)8-12/h6-7,9-12,17H,4-5,8H2,1-3H3. The molecule has 100 valence electrons. The van der Waals surface area contributed by atoms with Crippen molar-refractivity contribution in [3.63, 3.8) is 0 Å². The van der Waals surface area contributed by atoms with Crippen molar-refractivity contribution in [2.45, 2.75) is 52.2 Å². The molecule has 1 aliphatic rings. The molecule has 1 aromatic rings. The van der Waals surface area contributed by atoms with Crippen LogP contribution in [0.3, 0.4) is 0 Å². The van der Waals surface area contributed by atoms with Crippen LogP contribution in [0.2, 0.25) is 5.02 Å². The van der Waals surface area contributed by atoms with E-state index in [4.69, 9.17) is 16.3 Å². The molecule has 2 rings (SSSR count). The van der Waals surface area contributed by atoms with Crippen molar-refractivity contribution in [3.8, 4) is 5.75 Å². The second-order valence-corrected chi connectivity index (χ2v) is 5.98. The molecule has 0 spiro atoms. The van der Waals surface area contributed by atoms with Crippen molar-refractivity contribution in [2.75, 3.05) is 5.32 Å². The molecule has 0 saturated heterocycles. The zero-order chi connectivity index (χ0) is 13.1. The summed E-state index contributed by atoms with van der Waals surface area (Å²) in [4.78, 5) is 0. The Morgan fingerprint density at radius 1 is 1.33 bits per heavy atom. The molecule has 18 heavy (non-hydrogen) atoms. The third-order valence-corrected chi connectivity index (χ3v) is 3.66. The largest absolute Gasteiger partial charge is 0.489 e. The third kappa shape index (κ3) is 3.55. The van der Waals surface area contributed by atoms with E-state index in [1.807, 2.05) is 32.0 Å². The number of rotatable bonds is 4. The van der Waals surface area contributed by atoms with Gasteiger partial charge in [-0.15, -0.1) is 0 Å². The van der Waals surface area contributed by atoms with Gasteiger partial charge >= 0.3 is 0 Å². The van der Waals surface area contributed by atoms with Crippen molar-refractivity contribution in [1.29, 1.82) is 0 Å². The summed E-state index contributed by atoms with van der Waals surface area (Å²) in [6, 6.07) is 6.55. The zero-order valence-corrected chi connectivity index (χ0v) is 12.1. The first-order valence-corrected chi connectivity index (χ1v) is 7.15. The molecular weight excluding hydrogens is 246 g/mol. The minimum absolute atomic E-state index is 0.150. The first-order valence-electron chi connectivity index (χ1n) is 6.77. The molecule has 1 saturated carbocycles. The van der Waals surface area contributed by atoms with Gasteiger partial charge in [-0.3, -0.25) is 0 Å².